The number of amides is 1. The van der Waals surface area contributed by atoms with Gasteiger partial charge in [0, 0.05) is 37.8 Å². The van der Waals surface area contributed by atoms with Crippen LogP contribution >= 0.6 is 11.3 Å². The number of likely N-dealkylation sites (tertiary alicyclic amines) is 1. The van der Waals surface area contributed by atoms with E-state index < -0.39 is 37.8 Å². The number of sulfone groups is 1. The van der Waals surface area contributed by atoms with Crippen LogP contribution < -0.4 is 9.86 Å². The number of carbonyl (C=O) groups excluding carboxylic acids is 1. The van der Waals surface area contributed by atoms with Crippen molar-refractivity contribution in [3.63, 3.8) is 0 Å². The summed E-state index contributed by atoms with van der Waals surface area (Å²) in [5, 5.41) is 11.2. The Morgan fingerprint density at radius 2 is 1.83 bits per heavy atom. The molecule has 3 heterocycles. The molecule has 17 heteroatoms. The highest BCUT2D eigenvalue weighted by Crippen LogP contribution is 2.36. The number of fused-ring (bicyclic) bond motifs is 1. The first kappa shape index (κ1) is 29.1. The SMILES string of the molecule is CS(=O)(=O)C(c1nnc(CNS(N)(=O)=O)o1)c1nc2ccc(-c3cccc(C(=O)N4CCC(F)(F)CC4)c3)cc2s1. The van der Waals surface area contributed by atoms with E-state index in [-0.39, 0.29) is 48.6 Å². The summed E-state index contributed by atoms with van der Waals surface area (Å²) in [4.78, 5) is 18.8. The van der Waals surface area contributed by atoms with Crippen LogP contribution in [0.1, 0.15) is 45.2 Å². The largest absolute Gasteiger partial charge is 0.422 e. The van der Waals surface area contributed by atoms with Gasteiger partial charge in [-0.3, -0.25) is 4.79 Å². The molecule has 1 aliphatic heterocycles. The third-order valence-corrected chi connectivity index (χ3v) is 9.47. The van der Waals surface area contributed by atoms with Crippen molar-refractivity contribution < 1.29 is 34.8 Å². The van der Waals surface area contributed by atoms with Crippen molar-refractivity contribution in [3.8, 4) is 11.1 Å². The predicted octanol–water partition coefficient (Wildman–Crippen LogP) is 2.64. The number of hydrogen-bond acceptors (Lipinski definition) is 10. The second-order valence-corrected chi connectivity index (χ2v) is 14.1. The van der Waals surface area contributed by atoms with Crippen molar-refractivity contribution in [1.82, 2.24) is 24.8 Å². The molecule has 0 saturated carbocycles. The van der Waals surface area contributed by atoms with Crippen LogP contribution in [-0.4, -0.2) is 68.1 Å². The Bertz CT molecular complexity index is 1830. The molecule has 2 aromatic carbocycles. The number of nitrogens with one attached hydrogen (secondary N) is 1. The van der Waals surface area contributed by atoms with Gasteiger partial charge in [0.2, 0.25) is 11.8 Å². The van der Waals surface area contributed by atoms with E-state index in [4.69, 9.17) is 9.56 Å². The number of rotatable bonds is 8. The summed E-state index contributed by atoms with van der Waals surface area (Å²) in [5.74, 6) is -3.54. The molecule has 0 aliphatic carbocycles. The fraction of sp³-hybridized carbons (Fsp3) is 0.333. The number of carbonyl (C=O) groups is 1. The molecule has 1 aliphatic rings. The van der Waals surface area contributed by atoms with Gasteiger partial charge in [0.15, 0.2) is 15.1 Å². The average Bonchev–Trinajstić information content (AvgIpc) is 3.52. The Hall–Kier alpha value is -3.38. The number of thiazole rings is 1. The molecule has 0 spiro atoms. The third kappa shape index (κ3) is 6.75. The minimum absolute atomic E-state index is 0.0165. The maximum Gasteiger partial charge on any atom is 0.274 e. The van der Waals surface area contributed by atoms with Gasteiger partial charge in [0.25, 0.3) is 22.0 Å². The maximum absolute atomic E-state index is 13.5. The molecule has 41 heavy (non-hydrogen) atoms. The lowest BCUT2D eigenvalue weighted by atomic mass is 10.0. The van der Waals surface area contributed by atoms with Crippen LogP contribution in [0.15, 0.2) is 46.9 Å². The molecule has 1 amide bonds. The van der Waals surface area contributed by atoms with Crippen LogP contribution in [0.2, 0.25) is 0 Å². The highest BCUT2D eigenvalue weighted by molar-refractivity contribution is 7.91. The van der Waals surface area contributed by atoms with E-state index >= 15 is 0 Å². The van der Waals surface area contributed by atoms with E-state index in [1.807, 2.05) is 4.72 Å². The van der Waals surface area contributed by atoms with Crippen molar-refractivity contribution >= 4 is 47.5 Å². The maximum atomic E-state index is 13.5. The molecule has 1 atom stereocenters. The normalized spacial score (nSPS) is 16.6. The predicted molar refractivity (Wildman–Crippen MR) is 146 cm³/mol. The van der Waals surface area contributed by atoms with Crippen LogP contribution in [-0.2, 0) is 26.6 Å². The van der Waals surface area contributed by atoms with Gasteiger partial charge in [-0.05, 0) is 35.4 Å². The van der Waals surface area contributed by atoms with E-state index in [0.29, 0.717) is 21.3 Å². The van der Waals surface area contributed by atoms with Crippen molar-refractivity contribution in [2.45, 2.75) is 30.6 Å². The molecule has 5 rings (SSSR count). The molecule has 0 radical (unpaired) electrons. The first-order chi connectivity index (χ1) is 19.2. The Labute approximate surface area is 237 Å². The zero-order valence-electron chi connectivity index (χ0n) is 21.5. The lowest BCUT2D eigenvalue weighted by Gasteiger charge is -2.31. The summed E-state index contributed by atoms with van der Waals surface area (Å²) in [6.07, 6.45) is 0.261. The highest BCUT2D eigenvalue weighted by Gasteiger charge is 2.36. The molecule has 218 valence electrons. The monoisotopic (exact) mass is 626 g/mol. The fourth-order valence-electron chi connectivity index (χ4n) is 4.36. The van der Waals surface area contributed by atoms with Crippen molar-refractivity contribution in [3.05, 3.63) is 64.8 Å². The summed E-state index contributed by atoms with van der Waals surface area (Å²) in [6, 6.07) is 12.1. The number of alkyl halides is 2. The number of piperidine rings is 1. The highest BCUT2D eigenvalue weighted by atomic mass is 32.2. The van der Waals surface area contributed by atoms with Crippen LogP contribution in [0, 0.1) is 0 Å². The zero-order valence-corrected chi connectivity index (χ0v) is 23.9. The summed E-state index contributed by atoms with van der Waals surface area (Å²) >= 11 is 1.10. The van der Waals surface area contributed by atoms with E-state index in [1.54, 1.807) is 42.5 Å². The van der Waals surface area contributed by atoms with E-state index in [9.17, 15) is 30.4 Å². The number of aromatic nitrogens is 3. The third-order valence-electron chi connectivity index (χ3n) is 6.41. The Morgan fingerprint density at radius 1 is 1.12 bits per heavy atom. The van der Waals surface area contributed by atoms with Gasteiger partial charge in [0.05, 0.1) is 16.8 Å². The van der Waals surface area contributed by atoms with E-state index in [2.05, 4.69) is 15.2 Å². The number of hydrogen-bond donors (Lipinski definition) is 2. The van der Waals surface area contributed by atoms with Crippen LogP contribution in [0.5, 0.6) is 0 Å². The zero-order chi connectivity index (χ0) is 29.6. The second kappa shape index (κ2) is 10.8. The van der Waals surface area contributed by atoms with E-state index in [0.717, 1.165) is 23.2 Å². The molecule has 3 N–H and O–H groups in total. The molecule has 1 fully saturated rings. The van der Waals surface area contributed by atoms with Crippen LogP contribution in [0.4, 0.5) is 8.78 Å². The second-order valence-electron chi connectivity index (χ2n) is 9.57. The molecular weight excluding hydrogens is 602 g/mol. The Morgan fingerprint density at radius 3 is 2.51 bits per heavy atom. The van der Waals surface area contributed by atoms with Gasteiger partial charge in [0.1, 0.15) is 5.01 Å². The van der Waals surface area contributed by atoms with Crippen LogP contribution in [0.3, 0.4) is 0 Å². The van der Waals surface area contributed by atoms with Crippen molar-refractivity contribution in [2.24, 2.45) is 5.14 Å². The average molecular weight is 627 g/mol. The Kier molecular flexibility index (Phi) is 7.66. The van der Waals surface area contributed by atoms with Gasteiger partial charge in [-0.15, -0.1) is 21.5 Å². The number of nitrogens with two attached hydrogens (primary N) is 1. The first-order valence-corrected chi connectivity index (χ1v) is 16.5. The van der Waals surface area contributed by atoms with Crippen molar-refractivity contribution in [1.29, 1.82) is 0 Å². The molecule has 4 aromatic rings. The number of benzene rings is 2. The summed E-state index contributed by atoms with van der Waals surface area (Å²) < 4.78 is 82.8. The van der Waals surface area contributed by atoms with E-state index in [1.165, 1.54) is 4.90 Å². The minimum atomic E-state index is -4.03. The number of halogens is 2. The molecule has 12 nitrogen and oxygen atoms in total. The van der Waals surface area contributed by atoms with Crippen molar-refractivity contribution in [2.75, 3.05) is 19.3 Å². The summed E-state index contributed by atoms with van der Waals surface area (Å²) in [5.41, 5.74) is 2.33. The standard InChI is InChI=1S/C24H24F2N6O6S3/c1-40(34,35)20(21-31-30-19(38-21)13-28-41(27,36)37)22-29-17-6-5-15(12-18(17)39-22)14-3-2-4-16(11-14)23(33)32-9-7-24(25,26)8-10-32/h2-6,11-12,20,28H,7-10,13H2,1H3,(H2,27,36,37). The smallest absolute Gasteiger partial charge is 0.274 e. The lowest BCUT2D eigenvalue weighted by molar-refractivity contribution is -0.0494. The molecule has 0 bridgehead atoms. The van der Waals surface area contributed by atoms with Gasteiger partial charge >= 0.3 is 0 Å². The lowest BCUT2D eigenvalue weighted by Crippen LogP contribution is -2.42. The number of nitrogens with zero attached hydrogens (tertiary/aromatic N) is 4. The molecule has 1 saturated heterocycles. The summed E-state index contributed by atoms with van der Waals surface area (Å²) in [6.45, 7) is -0.452. The van der Waals surface area contributed by atoms with Gasteiger partial charge < -0.3 is 9.32 Å². The molecule has 1 unspecified atom stereocenters. The van der Waals surface area contributed by atoms with Gasteiger partial charge in [-0.25, -0.2) is 27.3 Å². The topological polar surface area (TPSA) is 178 Å². The molecular formula is C24H24F2N6O6S3. The van der Waals surface area contributed by atoms with Gasteiger partial charge in [-0.1, -0.05) is 18.2 Å². The quantitative estimate of drug-likeness (QED) is 0.297. The first-order valence-electron chi connectivity index (χ1n) is 12.2. The van der Waals surface area contributed by atoms with Gasteiger partial charge in [-0.2, -0.15) is 13.1 Å². The fourth-order valence-corrected chi connectivity index (χ4v) is 7.22. The molecule has 2 aromatic heterocycles. The van der Waals surface area contributed by atoms with Crippen LogP contribution in [0.25, 0.3) is 21.3 Å². The minimum Gasteiger partial charge on any atom is -0.422 e. The summed E-state index contributed by atoms with van der Waals surface area (Å²) in [7, 11) is -7.88. The Balaban J connectivity index is 1.42.